The first-order chi connectivity index (χ1) is 24.6. The van der Waals surface area contributed by atoms with Gasteiger partial charge in [-0.3, -0.25) is 27.5 Å². The molecule has 10 atom stereocenters. The van der Waals surface area contributed by atoms with Crippen molar-refractivity contribution in [3.05, 3.63) is 25.3 Å². The van der Waals surface area contributed by atoms with Crippen LogP contribution in [0.25, 0.3) is 22.3 Å². The number of aromatic nitrogens is 8. The number of nitrogens with zero attached hydrogens (tertiary/aromatic N) is 8. The number of hydrogen-bond acceptors (Lipinski definition) is 18. The Balaban J connectivity index is 1.20. The third-order valence-electron chi connectivity index (χ3n) is 8.73. The Morgan fingerprint density at radius 3 is 2.21 bits per heavy atom. The Hall–Kier alpha value is -3.79. The predicted molar refractivity (Wildman–Crippen MR) is 171 cm³/mol. The molecular weight excluding hydrogens is 740 g/mol. The molecule has 3 aliphatic rings. The highest BCUT2D eigenvalue weighted by Gasteiger charge is 2.55. The minimum atomic E-state index is -5.11. The topological polar surface area (TPSA) is 275 Å². The third-order valence-corrected chi connectivity index (χ3v) is 11.1. The zero-order valence-electron chi connectivity index (χ0n) is 27.7. The quantitative estimate of drug-likeness (QED) is 0.149. The summed E-state index contributed by atoms with van der Waals surface area (Å²) in [5.41, 5.74) is 11.3. The standard InChI is InChI=1S/C27H34F2N10O11P2/c1-27(2,3)26(40)44-11-47-52(43)46-6-14-20(16(29)25(48-14)39-10-37-18-22(31)33-8-35-24(18)39)49-51(41,42)45-5-12-4-13(15(28)19(12)50-52)38-9-36-17-21(30)32-7-34-23(17)38/h7-10,12-16,19-20,25H,4-6,11H2,1-3H3,(H,41,42)(H2,30,32,34)(H2,31,33,35)/t12-,13-,14-,15?,16?,19?,20?,25-,52?/m1/s1. The molecule has 282 valence electrons. The highest BCUT2D eigenvalue weighted by atomic mass is 31.2. The molecule has 25 heteroatoms. The van der Waals surface area contributed by atoms with E-state index in [-0.39, 0.29) is 40.4 Å². The average Bonchev–Trinajstić information content (AvgIpc) is 3.84. The molecule has 52 heavy (non-hydrogen) atoms. The molecule has 7 rings (SSSR count). The van der Waals surface area contributed by atoms with Crippen molar-refractivity contribution in [2.24, 2.45) is 11.3 Å². The molecule has 1 saturated carbocycles. The van der Waals surface area contributed by atoms with Gasteiger partial charge in [0.1, 0.15) is 48.2 Å². The number of phosphoric acid groups is 2. The maximum absolute atomic E-state index is 16.5. The lowest BCUT2D eigenvalue weighted by Crippen LogP contribution is -2.36. The molecule has 2 aliphatic heterocycles. The van der Waals surface area contributed by atoms with Crippen LogP contribution < -0.4 is 11.5 Å². The van der Waals surface area contributed by atoms with Crippen LogP contribution in [0, 0.1) is 11.3 Å². The predicted octanol–water partition coefficient (Wildman–Crippen LogP) is 2.55. The van der Waals surface area contributed by atoms with E-state index in [0.717, 1.165) is 17.2 Å². The smallest absolute Gasteiger partial charge is 0.437 e. The fourth-order valence-corrected chi connectivity index (χ4v) is 8.42. The molecule has 1 aliphatic carbocycles. The van der Waals surface area contributed by atoms with E-state index in [1.165, 1.54) is 17.2 Å². The van der Waals surface area contributed by atoms with Gasteiger partial charge in [0.2, 0.25) is 6.79 Å². The highest BCUT2D eigenvalue weighted by Crippen LogP contribution is 2.58. The van der Waals surface area contributed by atoms with E-state index < -0.39 is 95.9 Å². The first kappa shape index (κ1) is 36.6. The van der Waals surface area contributed by atoms with Crippen LogP contribution in [0.5, 0.6) is 0 Å². The molecule has 0 spiro atoms. The van der Waals surface area contributed by atoms with Gasteiger partial charge in [0.25, 0.3) is 0 Å². The number of halogens is 2. The molecule has 3 fully saturated rings. The van der Waals surface area contributed by atoms with Crippen molar-refractivity contribution in [1.29, 1.82) is 0 Å². The fourth-order valence-electron chi connectivity index (χ4n) is 6.12. The SMILES string of the molecule is CC(C)(C)C(=O)OCOP1(=O)OC[C@H]2O[C@@H](n3cnc4c(N)ncnc43)C(F)C2OP(=O)(O)OC[C@H]2C[C@@H](n3cnc4c(N)ncnc43)C(F)C2O1. The first-order valence-corrected chi connectivity index (χ1v) is 18.7. The Morgan fingerprint density at radius 2 is 1.56 bits per heavy atom. The van der Waals surface area contributed by atoms with Crippen LogP contribution in [0.15, 0.2) is 25.3 Å². The number of carbonyl (C=O) groups excluding carboxylic acids is 1. The summed E-state index contributed by atoms with van der Waals surface area (Å²) in [6.45, 7) is 2.19. The van der Waals surface area contributed by atoms with Gasteiger partial charge < -0.3 is 30.4 Å². The van der Waals surface area contributed by atoms with Gasteiger partial charge >= 0.3 is 21.6 Å². The average molecular weight is 775 g/mol. The van der Waals surface area contributed by atoms with Crippen molar-refractivity contribution in [3.8, 4) is 0 Å². The number of rotatable bonds is 5. The number of nitrogen functional groups attached to an aromatic ring is 2. The molecule has 0 aromatic carbocycles. The number of esters is 1. The van der Waals surface area contributed by atoms with E-state index in [2.05, 4.69) is 29.9 Å². The second-order valence-corrected chi connectivity index (χ2v) is 16.3. The monoisotopic (exact) mass is 774 g/mol. The first-order valence-electron chi connectivity index (χ1n) is 15.8. The molecule has 6 unspecified atom stereocenters. The van der Waals surface area contributed by atoms with Gasteiger partial charge in [0.15, 0.2) is 35.3 Å². The third kappa shape index (κ3) is 6.88. The van der Waals surface area contributed by atoms with Crippen LogP contribution in [0.1, 0.15) is 39.5 Å². The molecule has 0 bridgehead atoms. The maximum atomic E-state index is 16.5. The van der Waals surface area contributed by atoms with Gasteiger partial charge in [-0.15, -0.1) is 0 Å². The van der Waals surface area contributed by atoms with Crippen LogP contribution in [0.4, 0.5) is 20.4 Å². The molecule has 4 aromatic rings. The summed E-state index contributed by atoms with van der Waals surface area (Å²) in [4.78, 5) is 47.4. The Morgan fingerprint density at radius 1 is 0.923 bits per heavy atom. The van der Waals surface area contributed by atoms with Crippen LogP contribution in [-0.2, 0) is 46.0 Å². The lowest BCUT2D eigenvalue weighted by Gasteiger charge is -2.29. The van der Waals surface area contributed by atoms with Crippen molar-refractivity contribution in [2.45, 2.75) is 70.1 Å². The lowest BCUT2D eigenvalue weighted by molar-refractivity contribution is -0.161. The molecule has 4 aromatic heterocycles. The van der Waals surface area contributed by atoms with Crippen LogP contribution in [-0.4, -0.2) is 101 Å². The lowest BCUT2D eigenvalue weighted by atomic mass is 9.98. The fraction of sp³-hybridized carbons (Fsp3) is 0.593. The van der Waals surface area contributed by atoms with Gasteiger partial charge in [-0.05, 0) is 27.2 Å². The van der Waals surface area contributed by atoms with Crippen molar-refractivity contribution < 1.29 is 59.7 Å². The maximum Gasteiger partial charge on any atom is 0.478 e. The zero-order chi connectivity index (χ0) is 37.2. The van der Waals surface area contributed by atoms with Gasteiger partial charge in [-0.1, -0.05) is 0 Å². The summed E-state index contributed by atoms with van der Waals surface area (Å²) >= 11 is 0. The van der Waals surface area contributed by atoms with Crippen LogP contribution in [0.2, 0.25) is 0 Å². The summed E-state index contributed by atoms with van der Waals surface area (Å²) in [5, 5.41) is 0. The second-order valence-electron chi connectivity index (χ2n) is 13.3. The molecule has 0 radical (unpaired) electrons. The van der Waals surface area contributed by atoms with Gasteiger partial charge in [0.05, 0.1) is 37.3 Å². The number of ether oxygens (including phenoxy) is 2. The minimum Gasteiger partial charge on any atom is -0.437 e. The number of imidazole rings is 2. The normalized spacial score (nSPS) is 34.4. The van der Waals surface area contributed by atoms with Crippen molar-refractivity contribution >= 4 is 55.6 Å². The van der Waals surface area contributed by atoms with E-state index in [1.807, 2.05) is 0 Å². The summed E-state index contributed by atoms with van der Waals surface area (Å²) in [6, 6.07) is -1.12. The summed E-state index contributed by atoms with van der Waals surface area (Å²) < 4.78 is 101. The van der Waals surface area contributed by atoms with Gasteiger partial charge in [-0.25, -0.2) is 52.3 Å². The Bertz CT molecular complexity index is 2080. The number of alkyl halides is 2. The number of anilines is 2. The Kier molecular flexibility index (Phi) is 9.54. The van der Waals surface area contributed by atoms with E-state index in [1.54, 1.807) is 20.8 Å². The summed E-state index contributed by atoms with van der Waals surface area (Å²) in [7, 11) is -10.1. The number of fused-ring (bicyclic) bond motifs is 4. The number of hydrogen-bond donors (Lipinski definition) is 3. The van der Waals surface area contributed by atoms with Crippen molar-refractivity contribution in [1.82, 2.24) is 39.0 Å². The molecule has 21 nitrogen and oxygen atoms in total. The minimum absolute atomic E-state index is 0.00327. The highest BCUT2D eigenvalue weighted by molar-refractivity contribution is 7.48. The van der Waals surface area contributed by atoms with E-state index in [9.17, 15) is 18.8 Å². The van der Waals surface area contributed by atoms with Gasteiger partial charge in [-0.2, -0.15) is 0 Å². The molecule has 5 N–H and O–H groups in total. The zero-order valence-corrected chi connectivity index (χ0v) is 29.5. The summed E-state index contributed by atoms with van der Waals surface area (Å²) in [6.07, 6.45) is -6.39. The molecule has 0 amide bonds. The van der Waals surface area contributed by atoms with E-state index in [0.29, 0.717) is 0 Å². The van der Waals surface area contributed by atoms with Crippen LogP contribution in [0.3, 0.4) is 0 Å². The second kappa shape index (κ2) is 13.6. The Labute approximate surface area is 292 Å². The van der Waals surface area contributed by atoms with E-state index in [4.69, 9.17) is 43.6 Å². The van der Waals surface area contributed by atoms with E-state index >= 15 is 8.78 Å². The van der Waals surface area contributed by atoms with Crippen molar-refractivity contribution in [2.75, 3.05) is 31.5 Å². The number of phosphoric ester groups is 2. The molecule has 2 saturated heterocycles. The summed E-state index contributed by atoms with van der Waals surface area (Å²) in [5.74, 6) is -1.82. The molecule has 6 heterocycles. The number of carbonyl (C=O) groups is 1. The largest absolute Gasteiger partial charge is 0.478 e. The number of nitrogens with two attached hydrogens (primary N) is 2. The van der Waals surface area contributed by atoms with Crippen molar-refractivity contribution in [3.63, 3.8) is 0 Å². The molecular formula is C27H34F2N10O11P2. The van der Waals surface area contributed by atoms with Gasteiger partial charge in [0, 0.05) is 5.92 Å². The van der Waals surface area contributed by atoms with Crippen LogP contribution >= 0.6 is 15.6 Å².